The van der Waals surface area contributed by atoms with E-state index < -0.39 is 0 Å². The number of likely N-dealkylation sites (tertiary alicyclic amines) is 1. The number of carbonyl (C=O) groups is 1. The lowest BCUT2D eigenvalue weighted by molar-refractivity contribution is -0.143. The Balaban J connectivity index is 2.02. The van der Waals surface area contributed by atoms with Gasteiger partial charge in [-0.2, -0.15) is 0 Å². The van der Waals surface area contributed by atoms with Gasteiger partial charge in [0.2, 0.25) is 11.8 Å². The van der Waals surface area contributed by atoms with Gasteiger partial charge in [0.05, 0.1) is 7.11 Å². The number of ether oxygens (including phenoxy) is 1. The second-order valence-electron chi connectivity index (χ2n) is 3.53. The van der Waals surface area contributed by atoms with Gasteiger partial charge in [-0.05, 0) is 11.6 Å². The van der Waals surface area contributed by atoms with Crippen LogP contribution >= 0.6 is 0 Å². The number of pyridine rings is 1. The van der Waals surface area contributed by atoms with Crippen molar-refractivity contribution >= 4 is 5.91 Å². The van der Waals surface area contributed by atoms with Crippen LogP contribution in [0, 0.1) is 0 Å². The normalized spacial score (nSPS) is 20.0. The van der Waals surface area contributed by atoms with Crippen molar-refractivity contribution in [3.8, 4) is 5.88 Å². The molecule has 1 atom stereocenters. The van der Waals surface area contributed by atoms with E-state index in [-0.39, 0.29) is 11.9 Å². The zero-order valence-corrected chi connectivity index (χ0v) is 8.51. The first kappa shape index (κ1) is 9.92. The van der Waals surface area contributed by atoms with E-state index in [2.05, 4.69) is 4.98 Å². The molecule has 1 fully saturated rings. The van der Waals surface area contributed by atoms with Crippen LogP contribution in [0.5, 0.6) is 5.88 Å². The molecule has 1 aromatic rings. The number of amides is 1. The van der Waals surface area contributed by atoms with Crippen molar-refractivity contribution in [1.82, 2.24) is 9.88 Å². The first-order chi connectivity index (χ1) is 7.20. The molecule has 1 aromatic heterocycles. The first-order valence-corrected chi connectivity index (χ1v) is 4.74. The van der Waals surface area contributed by atoms with Crippen molar-refractivity contribution in [1.29, 1.82) is 0 Å². The molecule has 80 valence electrons. The minimum atomic E-state index is -0.311. The van der Waals surface area contributed by atoms with Crippen LogP contribution in [0.4, 0.5) is 0 Å². The van der Waals surface area contributed by atoms with Crippen LogP contribution in [-0.4, -0.2) is 35.5 Å². The number of nitrogens with two attached hydrogens (primary N) is 1. The van der Waals surface area contributed by atoms with E-state index >= 15 is 0 Å². The molecule has 2 N–H and O–H groups in total. The number of hydrogen-bond acceptors (Lipinski definition) is 4. The fourth-order valence-electron chi connectivity index (χ4n) is 1.55. The number of aromatic nitrogens is 1. The molecular formula is C10H13N3O2. The minimum absolute atomic E-state index is 0.00535. The SMILES string of the molecule is COc1cc(CN2CC(N)C2=O)ccn1. The summed E-state index contributed by atoms with van der Waals surface area (Å²) in [6.07, 6.45) is 1.67. The van der Waals surface area contributed by atoms with E-state index in [1.165, 1.54) is 0 Å². The molecule has 1 saturated heterocycles. The van der Waals surface area contributed by atoms with E-state index in [1.54, 1.807) is 18.2 Å². The van der Waals surface area contributed by atoms with Gasteiger partial charge in [-0.15, -0.1) is 0 Å². The highest BCUT2D eigenvalue weighted by molar-refractivity contribution is 5.87. The molecule has 5 heteroatoms. The summed E-state index contributed by atoms with van der Waals surface area (Å²) in [6, 6.07) is 3.37. The van der Waals surface area contributed by atoms with Gasteiger partial charge in [-0.1, -0.05) is 0 Å². The number of methoxy groups -OCH3 is 1. The summed E-state index contributed by atoms with van der Waals surface area (Å²) in [4.78, 5) is 17.0. The Morgan fingerprint density at radius 3 is 3.13 bits per heavy atom. The van der Waals surface area contributed by atoms with Crippen molar-refractivity contribution in [2.24, 2.45) is 5.73 Å². The van der Waals surface area contributed by atoms with Crippen LogP contribution in [0.25, 0.3) is 0 Å². The minimum Gasteiger partial charge on any atom is -0.481 e. The zero-order chi connectivity index (χ0) is 10.8. The van der Waals surface area contributed by atoms with Gasteiger partial charge in [-0.3, -0.25) is 4.79 Å². The predicted molar refractivity (Wildman–Crippen MR) is 54.2 cm³/mol. The Morgan fingerprint density at radius 1 is 1.73 bits per heavy atom. The Morgan fingerprint density at radius 2 is 2.53 bits per heavy atom. The molecule has 0 bridgehead atoms. The van der Waals surface area contributed by atoms with Crippen molar-refractivity contribution in [3.05, 3.63) is 23.9 Å². The lowest BCUT2D eigenvalue weighted by Gasteiger charge is -2.36. The van der Waals surface area contributed by atoms with Gasteiger partial charge >= 0.3 is 0 Å². The topological polar surface area (TPSA) is 68.5 Å². The van der Waals surface area contributed by atoms with Gasteiger partial charge in [0.15, 0.2) is 0 Å². The summed E-state index contributed by atoms with van der Waals surface area (Å²) in [7, 11) is 1.57. The molecular weight excluding hydrogens is 194 g/mol. The van der Waals surface area contributed by atoms with Gasteiger partial charge in [-0.25, -0.2) is 4.98 Å². The fourth-order valence-corrected chi connectivity index (χ4v) is 1.55. The molecule has 5 nitrogen and oxygen atoms in total. The van der Waals surface area contributed by atoms with Crippen molar-refractivity contribution in [2.45, 2.75) is 12.6 Å². The fraction of sp³-hybridized carbons (Fsp3) is 0.400. The molecule has 1 aliphatic heterocycles. The molecule has 1 amide bonds. The largest absolute Gasteiger partial charge is 0.481 e. The monoisotopic (exact) mass is 207 g/mol. The van der Waals surface area contributed by atoms with Crippen LogP contribution in [0.15, 0.2) is 18.3 Å². The third-order valence-corrected chi connectivity index (χ3v) is 2.43. The Bertz CT molecular complexity index is 381. The van der Waals surface area contributed by atoms with Gasteiger partial charge < -0.3 is 15.4 Å². The zero-order valence-electron chi connectivity index (χ0n) is 8.51. The smallest absolute Gasteiger partial charge is 0.241 e. The molecule has 0 saturated carbocycles. The average molecular weight is 207 g/mol. The van der Waals surface area contributed by atoms with Gasteiger partial charge in [0.1, 0.15) is 6.04 Å². The lowest BCUT2D eigenvalue weighted by Crippen LogP contribution is -2.60. The maximum absolute atomic E-state index is 11.3. The van der Waals surface area contributed by atoms with E-state index in [0.29, 0.717) is 19.0 Å². The lowest BCUT2D eigenvalue weighted by atomic mass is 10.1. The molecule has 0 aromatic carbocycles. The van der Waals surface area contributed by atoms with Crippen LogP contribution in [0.2, 0.25) is 0 Å². The maximum Gasteiger partial charge on any atom is 0.241 e. The highest BCUT2D eigenvalue weighted by Gasteiger charge is 2.32. The summed E-state index contributed by atoms with van der Waals surface area (Å²) in [6.45, 7) is 1.20. The van der Waals surface area contributed by atoms with Crippen LogP contribution < -0.4 is 10.5 Å². The van der Waals surface area contributed by atoms with Crippen LogP contribution in [-0.2, 0) is 11.3 Å². The summed E-state index contributed by atoms with van der Waals surface area (Å²) < 4.78 is 5.00. The van der Waals surface area contributed by atoms with E-state index in [4.69, 9.17) is 10.5 Å². The Kier molecular flexibility index (Phi) is 2.55. The number of hydrogen-bond donors (Lipinski definition) is 1. The predicted octanol–water partition coefficient (Wildman–Crippen LogP) is -0.240. The Hall–Kier alpha value is -1.62. The molecule has 1 unspecified atom stereocenters. The van der Waals surface area contributed by atoms with Gasteiger partial charge in [0.25, 0.3) is 0 Å². The standard InChI is InChI=1S/C10H13N3O2/c1-15-9-4-7(2-3-12-9)5-13-6-8(11)10(13)14/h2-4,8H,5-6,11H2,1H3. The number of carbonyl (C=O) groups excluding carboxylic acids is 1. The number of rotatable bonds is 3. The quantitative estimate of drug-likeness (QED) is 0.694. The summed E-state index contributed by atoms with van der Waals surface area (Å²) in [5.74, 6) is 0.565. The third-order valence-electron chi connectivity index (χ3n) is 2.43. The van der Waals surface area contributed by atoms with Crippen molar-refractivity contribution in [2.75, 3.05) is 13.7 Å². The third kappa shape index (κ3) is 1.92. The maximum atomic E-state index is 11.3. The van der Waals surface area contributed by atoms with E-state index in [0.717, 1.165) is 5.56 Å². The highest BCUT2D eigenvalue weighted by Crippen LogP contribution is 2.15. The number of β-lactam (4-membered cyclic amide) rings is 1. The van der Waals surface area contributed by atoms with Crippen LogP contribution in [0.3, 0.4) is 0 Å². The van der Waals surface area contributed by atoms with E-state index in [1.807, 2.05) is 12.1 Å². The van der Waals surface area contributed by atoms with Crippen molar-refractivity contribution in [3.63, 3.8) is 0 Å². The summed E-state index contributed by atoms with van der Waals surface area (Å²) in [5.41, 5.74) is 6.50. The molecule has 0 aliphatic carbocycles. The average Bonchev–Trinajstić information content (AvgIpc) is 2.28. The van der Waals surface area contributed by atoms with Gasteiger partial charge in [0, 0.05) is 25.4 Å². The summed E-state index contributed by atoms with van der Waals surface area (Å²) in [5, 5.41) is 0. The molecule has 2 heterocycles. The second-order valence-corrected chi connectivity index (χ2v) is 3.53. The second kappa shape index (κ2) is 3.86. The van der Waals surface area contributed by atoms with E-state index in [9.17, 15) is 4.79 Å². The molecule has 0 spiro atoms. The Labute approximate surface area is 87.8 Å². The molecule has 0 radical (unpaired) electrons. The molecule has 15 heavy (non-hydrogen) atoms. The first-order valence-electron chi connectivity index (χ1n) is 4.74. The number of nitrogens with zero attached hydrogens (tertiary/aromatic N) is 2. The molecule has 2 rings (SSSR count). The highest BCUT2D eigenvalue weighted by atomic mass is 16.5. The van der Waals surface area contributed by atoms with Crippen molar-refractivity contribution < 1.29 is 9.53 Å². The van der Waals surface area contributed by atoms with Crippen LogP contribution in [0.1, 0.15) is 5.56 Å². The summed E-state index contributed by atoms with van der Waals surface area (Å²) >= 11 is 0. The molecule has 1 aliphatic rings.